The minimum atomic E-state index is -2.59. The van der Waals surface area contributed by atoms with Crippen LogP contribution in [0.3, 0.4) is 0 Å². The zero-order chi connectivity index (χ0) is 18.9. The van der Waals surface area contributed by atoms with Crippen LogP contribution in [0, 0.1) is 0 Å². The highest BCUT2D eigenvalue weighted by Crippen LogP contribution is 2.30. The van der Waals surface area contributed by atoms with E-state index in [9.17, 15) is 13.6 Å². The molecule has 7 nitrogen and oxygen atoms in total. The summed E-state index contributed by atoms with van der Waals surface area (Å²) in [5, 5.41) is 5.43. The SMILES string of the molecule is O=C(Nc1ccc(N2CCC(F)(F)CC2)nc1)Nc1c[nH]c2cccnc12. The van der Waals surface area contributed by atoms with Crippen molar-refractivity contribution < 1.29 is 13.6 Å². The highest BCUT2D eigenvalue weighted by molar-refractivity contribution is 6.04. The van der Waals surface area contributed by atoms with Gasteiger partial charge in [-0.2, -0.15) is 0 Å². The Morgan fingerprint density at radius 2 is 1.96 bits per heavy atom. The van der Waals surface area contributed by atoms with Crippen LogP contribution in [0.1, 0.15) is 12.8 Å². The minimum absolute atomic E-state index is 0.171. The predicted molar refractivity (Wildman–Crippen MR) is 99.4 cm³/mol. The maximum absolute atomic E-state index is 13.2. The molecule has 0 atom stereocenters. The van der Waals surface area contributed by atoms with Crippen LogP contribution in [0.2, 0.25) is 0 Å². The number of alkyl halides is 2. The minimum Gasteiger partial charge on any atom is -0.358 e. The molecule has 0 bridgehead atoms. The van der Waals surface area contributed by atoms with Crippen molar-refractivity contribution in [1.29, 1.82) is 0 Å². The van der Waals surface area contributed by atoms with E-state index in [0.717, 1.165) is 5.52 Å². The molecule has 0 unspecified atom stereocenters. The van der Waals surface area contributed by atoms with Crippen molar-refractivity contribution in [2.75, 3.05) is 28.6 Å². The standard InChI is InChI=1S/C18H18F2N6O/c19-18(20)5-8-26(9-6-18)15-4-3-12(10-23-15)24-17(27)25-14-11-22-13-2-1-7-21-16(13)14/h1-4,7,10-11,22H,5-6,8-9H2,(H2,24,25,27). The molecule has 2 amide bonds. The highest BCUT2D eigenvalue weighted by atomic mass is 19.3. The number of H-pyrrole nitrogens is 1. The number of urea groups is 1. The molecule has 0 saturated carbocycles. The van der Waals surface area contributed by atoms with E-state index in [2.05, 4.69) is 25.6 Å². The van der Waals surface area contributed by atoms with Gasteiger partial charge in [0.15, 0.2) is 0 Å². The Morgan fingerprint density at radius 1 is 1.15 bits per heavy atom. The number of nitrogens with zero attached hydrogens (tertiary/aromatic N) is 3. The molecule has 27 heavy (non-hydrogen) atoms. The molecular weight excluding hydrogens is 354 g/mol. The number of aromatic amines is 1. The Balaban J connectivity index is 1.37. The van der Waals surface area contributed by atoms with Crippen molar-refractivity contribution in [1.82, 2.24) is 15.0 Å². The average molecular weight is 372 g/mol. The number of amides is 2. The Bertz CT molecular complexity index is 946. The zero-order valence-corrected chi connectivity index (χ0v) is 14.4. The van der Waals surface area contributed by atoms with E-state index in [1.807, 2.05) is 11.0 Å². The molecule has 4 rings (SSSR count). The third kappa shape index (κ3) is 3.81. The van der Waals surface area contributed by atoms with Crippen molar-refractivity contribution in [3.63, 3.8) is 0 Å². The first kappa shape index (κ1) is 17.2. The number of fused-ring (bicyclic) bond motifs is 1. The Labute approximate surface area is 153 Å². The number of pyridine rings is 2. The van der Waals surface area contributed by atoms with Gasteiger partial charge in [-0.15, -0.1) is 0 Å². The summed E-state index contributed by atoms with van der Waals surface area (Å²) in [6.07, 6.45) is 4.49. The van der Waals surface area contributed by atoms with Gasteiger partial charge in [0, 0.05) is 38.3 Å². The van der Waals surface area contributed by atoms with E-state index in [1.165, 1.54) is 6.20 Å². The smallest absolute Gasteiger partial charge is 0.323 e. The molecule has 1 aliphatic rings. The van der Waals surface area contributed by atoms with Gasteiger partial charge in [0.1, 0.15) is 11.3 Å². The molecule has 3 aromatic heterocycles. The monoisotopic (exact) mass is 372 g/mol. The number of anilines is 3. The number of hydrogen-bond donors (Lipinski definition) is 3. The summed E-state index contributed by atoms with van der Waals surface area (Å²) in [6, 6.07) is 6.66. The van der Waals surface area contributed by atoms with E-state index in [-0.39, 0.29) is 25.9 Å². The van der Waals surface area contributed by atoms with Crippen molar-refractivity contribution >= 4 is 34.3 Å². The fraction of sp³-hybridized carbons (Fsp3) is 0.278. The summed E-state index contributed by atoms with van der Waals surface area (Å²) in [4.78, 5) is 25.5. The lowest BCUT2D eigenvalue weighted by molar-refractivity contribution is -0.0221. The number of piperidine rings is 1. The van der Waals surface area contributed by atoms with Gasteiger partial charge in [-0.1, -0.05) is 0 Å². The van der Waals surface area contributed by atoms with Gasteiger partial charge < -0.3 is 20.5 Å². The number of rotatable bonds is 3. The number of carbonyl (C=O) groups is 1. The molecule has 1 aliphatic heterocycles. The van der Waals surface area contributed by atoms with E-state index in [0.29, 0.717) is 22.7 Å². The predicted octanol–water partition coefficient (Wildman–Crippen LogP) is 3.84. The molecule has 0 aliphatic carbocycles. The summed E-state index contributed by atoms with van der Waals surface area (Å²) in [5.74, 6) is -1.97. The van der Waals surface area contributed by atoms with Crippen LogP contribution in [0.4, 0.5) is 30.8 Å². The molecule has 4 heterocycles. The molecule has 1 fully saturated rings. The second-order valence-electron chi connectivity index (χ2n) is 6.43. The van der Waals surface area contributed by atoms with Crippen LogP contribution in [-0.2, 0) is 0 Å². The second-order valence-corrected chi connectivity index (χ2v) is 6.43. The molecule has 0 spiro atoms. The maximum atomic E-state index is 13.2. The normalized spacial score (nSPS) is 16.3. The Hall–Kier alpha value is -3.23. The first-order valence-electron chi connectivity index (χ1n) is 8.59. The molecule has 9 heteroatoms. The third-order valence-electron chi connectivity index (χ3n) is 4.51. The van der Waals surface area contributed by atoms with E-state index >= 15 is 0 Å². The molecule has 1 saturated heterocycles. The van der Waals surface area contributed by atoms with E-state index < -0.39 is 12.0 Å². The van der Waals surface area contributed by atoms with E-state index in [4.69, 9.17) is 0 Å². The summed E-state index contributed by atoms with van der Waals surface area (Å²) >= 11 is 0. The van der Waals surface area contributed by atoms with Crippen LogP contribution < -0.4 is 15.5 Å². The summed E-state index contributed by atoms with van der Waals surface area (Å²) in [6.45, 7) is 0.529. The van der Waals surface area contributed by atoms with Crippen LogP contribution >= 0.6 is 0 Å². The van der Waals surface area contributed by atoms with Crippen molar-refractivity contribution in [3.05, 3.63) is 42.9 Å². The summed E-state index contributed by atoms with van der Waals surface area (Å²) in [5.41, 5.74) is 2.57. The van der Waals surface area contributed by atoms with Gasteiger partial charge >= 0.3 is 6.03 Å². The third-order valence-corrected chi connectivity index (χ3v) is 4.51. The van der Waals surface area contributed by atoms with Crippen LogP contribution in [0.15, 0.2) is 42.9 Å². The van der Waals surface area contributed by atoms with Gasteiger partial charge in [-0.05, 0) is 24.3 Å². The molecule has 3 N–H and O–H groups in total. The number of nitrogens with one attached hydrogen (secondary N) is 3. The number of hydrogen-bond acceptors (Lipinski definition) is 4. The topological polar surface area (TPSA) is 85.9 Å². The van der Waals surface area contributed by atoms with Crippen LogP contribution in [0.5, 0.6) is 0 Å². The highest BCUT2D eigenvalue weighted by Gasteiger charge is 2.34. The summed E-state index contributed by atoms with van der Waals surface area (Å²) < 4.78 is 26.5. The maximum Gasteiger partial charge on any atom is 0.323 e. The van der Waals surface area contributed by atoms with Gasteiger partial charge in [-0.3, -0.25) is 4.98 Å². The van der Waals surface area contributed by atoms with Crippen LogP contribution in [0.25, 0.3) is 11.0 Å². The van der Waals surface area contributed by atoms with Crippen LogP contribution in [-0.4, -0.2) is 40.0 Å². The lowest BCUT2D eigenvalue weighted by Crippen LogP contribution is -2.39. The number of halogens is 2. The van der Waals surface area contributed by atoms with Crippen molar-refractivity contribution in [2.45, 2.75) is 18.8 Å². The first-order valence-corrected chi connectivity index (χ1v) is 8.59. The fourth-order valence-electron chi connectivity index (χ4n) is 3.04. The lowest BCUT2D eigenvalue weighted by atomic mass is 10.1. The largest absolute Gasteiger partial charge is 0.358 e. The molecule has 0 aromatic carbocycles. The molecule has 140 valence electrons. The Morgan fingerprint density at radius 3 is 2.70 bits per heavy atom. The van der Waals surface area contributed by atoms with Crippen molar-refractivity contribution in [3.8, 4) is 0 Å². The fourth-order valence-corrected chi connectivity index (χ4v) is 3.04. The lowest BCUT2D eigenvalue weighted by Gasteiger charge is -2.32. The molecule has 0 radical (unpaired) electrons. The molecular formula is C18H18F2N6O. The van der Waals surface area contributed by atoms with Gasteiger partial charge in [-0.25, -0.2) is 18.6 Å². The second kappa shape index (κ2) is 6.82. The zero-order valence-electron chi connectivity index (χ0n) is 14.4. The van der Waals surface area contributed by atoms with E-state index in [1.54, 1.807) is 30.6 Å². The quantitative estimate of drug-likeness (QED) is 0.652. The number of carbonyl (C=O) groups excluding carboxylic acids is 1. The number of aromatic nitrogens is 3. The van der Waals surface area contributed by atoms with Gasteiger partial charge in [0.2, 0.25) is 0 Å². The van der Waals surface area contributed by atoms with Crippen molar-refractivity contribution in [2.24, 2.45) is 0 Å². The van der Waals surface area contributed by atoms with Gasteiger partial charge in [0.25, 0.3) is 5.92 Å². The average Bonchev–Trinajstić information content (AvgIpc) is 3.05. The summed E-state index contributed by atoms with van der Waals surface area (Å²) in [7, 11) is 0. The van der Waals surface area contributed by atoms with Gasteiger partial charge in [0.05, 0.1) is 23.1 Å². The molecule has 3 aromatic rings. The Kier molecular flexibility index (Phi) is 4.35. The first-order chi connectivity index (χ1) is 13.0.